The van der Waals surface area contributed by atoms with E-state index in [4.69, 9.17) is 0 Å². The lowest BCUT2D eigenvalue weighted by atomic mass is 10.2. The molecule has 0 aliphatic carbocycles. The number of nitrogens with zero attached hydrogens (tertiary/aromatic N) is 4. The molecular formula is C15H17N5O2+2. The summed E-state index contributed by atoms with van der Waals surface area (Å²) in [6.07, 6.45) is 6.49. The van der Waals surface area contributed by atoms with E-state index in [0.717, 1.165) is 6.42 Å². The fraction of sp³-hybridized carbons (Fsp3) is 0.200. The third-order valence-corrected chi connectivity index (χ3v) is 3.46. The van der Waals surface area contributed by atoms with E-state index in [2.05, 4.69) is 10.4 Å². The quantitative estimate of drug-likeness (QED) is 0.554. The minimum Gasteiger partial charge on any atom is -0.362 e. The molecule has 0 amide bonds. The first-order chi connectivity index (χ1) is 10.6. The van der Waals surface area contributed by atoms with Crippen LogP contribution in [0, 0.1) is 4.91 Å². The van der Waals surface area contributed by atoms with Crippen molar-refractivity contribution in [3.8, 4) is 0 Å². The van der Waals surface area contributed by atoms with Crippen LogP contribution in [0.3, 0.4) is 0 Å². The van der Waals surface area contributed by atoms with Crippen molar-refractivity contribution in [2.45, 2.75) is 6.42 Å². The number of anilines is 1. The second-order valence-electron chi connectivity index (χ2n) is 5.05. The smallest absolute Gasteiger partial charge is 0.362 e. The van der Waals surface area contributed by atoms with Gasteiger partial charge in [-0.25, -0.2) is 14.3 Å². The maximum absolute atomic E-state index is 11.4. The van der Waals surface area contributed by atoms with Crippen LogP contribution in [-0.2, 0) is 13.5 Å². The summed E-state index contributed by atoms with van der Waals surface area (Å²) in [7, 11) is 1.97. The van der Waals surface area contributed by atoms with Gasteiger partial charge in [0.1, 0.15) is 7.05 Å². The number of rotatable bonds is 5. The van der Waals surface area contributed by atoms with Crippen molar-refractivity contribution >= 4 is 17.0 Å². The second kappa shape index (κ2) is 5.80. The van der Waals surface area contributed by atoms with Crippen LogP contribution in [0.5, 0.6) is 0 Å². The van der Waals surface area contributed by atoms with Gasteiger partial charge in [0.2, 0.25) is 5.82 Å². The van der Waals surface area contributed by atoms with Crippen molar-refractivity contribution < 1.29 is 14.7 Å². The van der Waals surface area contributed by atoms with Crippen molar-refractivity contribution in [3.05, 3.63) is 59.4 Å². The van der Waals surface area contributed by atoms with Crippen LogP contribution < -0.4 is 9.88 Å². The van der Waals surface area contributed by atoms with Gasteiger partial charge in [0.25, 0.3) is 4.92 Å². The van der Waals surface area contributed by atoms with Gasteiger partial charge < -0.3 is 5.32 Å². The van der Waals surface area contributed by atoms with E-state index in [1.165, 1.54) is 5.56 Å². The third-order valence-electron chi connectivity index (χ3n) is 3.46. The van der Waals surface area contributed by atoms with E-state index < -0.39 is 0 Å². The molecule has 22 heavy (non-hydrogen) atoms. The Labute approximate surface area is 127 Å². The van der Waals surface area contributed by atoms with E-state index in [9.17, 15) is 10.1 Å². The molecule has 7 nitrogen and oxygen atoms in total. The predicted octanol–water partition coefficient (Wildman–Crippen LogP) is 1.61. The molecule has 3 aromatic rings. The molecule has 0 bridgehead atoms. The highest BCUT2D eigenvalue weighted by molar-refractivity contribution is 5.76. The highest BCUT2D eigenvalue weighted by Gasteiger charge is 2.27. The number of aromatic nitrogens is 3. The predicted molar refractivity (Wildman–Crippen MR) is 80.1 cm³/mol. The average molecular weight is 299 g/mol. The average Bonchev–Trinajstić information content (AvgIpc) is 2.87. The summed E-state index contributed by atoms with van der Waals surface area (Å²) in [5.74, 6) is 0.366. The normalized spacial score (nSPS) is 10.8. The molecule has 2 N–H and O–H groups in total. The van der Waals surface area contributed by atoms with Gasteiger partial charge in [-0.3, -0.25) is 0 Å². The molecule has 0 aliphatic rings. The highest BCUT2D eigenvalue weighted by atomic mass is 16.6. The van der Waals surface area contributed by atoms with Crippen molar-refractivity contribution in [2.75, 3.05) is 11.9 Å². The molecule has 0 atom stereocenters. The SMILES string of the molecule is C[n+]1ccc(CCNc2nn3ccccc3c2[N+](=O)O)cc1. The molecule has 0 radical (unpaired) electrons. The number of aryl methyl sites for hydroxylation is 1. The van der Waals surface area contributed by atoms with Gasteiger partial charge in [0.05, 0.1) is 4.91 Å². The number of hydrogen-bond acceptors (Lipinski definition) is 3. The summed E-state index contributed by atoms with van der Waals surface area (Å²) in [4.78, 5) is 11.2. The fourth-order valence-corrected chi connectivity index (χ4v) is 2.32. The number of pyridine rings is 2. The van der Waals surface area contributed by atoms with Crippen LogP contribution in [0.4, 0.5) is 11.5 Å². The molecule has 0 aromatic carbocycles. The van der Waals surface area contributed by atoms with E-state index in [1.807, 2.05) is 42.2 Å². The Morgan fingerprint density at radius 2 is 2.09 bits per heavy atom. The molecule has 0 spiro atoms. The molecule has 0 aliphatic heterocycles. The number of nitrogens with one attached hydrogen (secondary N) is 1. The van der Waals surface area contributed by atoms with Gasteiger partial charge in [-0.1, -0.05) is 6.07 Å². The summed E-state index contributed by atoms with van der Waals surface area (Å²) in [5, 5.41) is 16.7. The summed E-state index contributed by atoms with van der Waals surface area (Å²) in [6.45, 7) is 0.610. The summed E-state index contributed by atoms with van der Waals surface area (Å²) >= 11 is 0. The van der Waals surface area contributed by atoms with E-state index in [1.54, 1.807) is 22.8 Å². The molecule has 112 valence electrons. The molecule has 0 unspecified atom stereocenters. The Kier molecular flexibility index (Phi) is 3.69. The van der Waals surface area contributed by atoms with Gasteiger partial charge in [0, 0.05) is 24.9 Å². The Balaban J connectivity index is 1.77. The van der Waals surface area contributed by atoms with Crippen molar-refractivity contribution in [2.24, 2.45) is 7.05 Å². The molecule has 3 rings (SSSR count). The molecule has 0 saturated carbocycles. The standard InChI is InChI=1S/C15H17N5O2/c1-18-10-6-12(7-11-18)5-8-16-15-14(20(21)22)13-4-2-3-9-19(13)17-15/h2-4,6-7,9-11H,5,8H2,1H3,(H,16,17)(H,21,22)/q+2. The minimum absolute atomic E-state index is 0.125. The zero-order chi connectivity index (χ0) is 15.5. The lowest BCUT2D eigenvalue weighted by Crippen LogP contribution is -2.26. The lowest BCUT2D eigenvalue weighted by Gasteiger charge is -2.01. The third kappa shape index (κ3) is 2.73. The van der Waals surface area contributed by atoms with Crippen molar-refractivity contribution in [3.63, 3.8) is 0 Å². The summed E-state index contributed by atoms with van der Waals surface area (Å²) < 4.78 is 3.53. The van der Waals surface area contributed by atoms with Gasteiger partial charge in [-0.05, 0) is 24.1 Å². The topological polar surface area (TPSA) is 73.5 Å². The highest BCUT2D eigenvalue weighted by Crippen LogP contribution is 2.27. The number of hydrogen-bond donors (Lipinski definition) is 2. The second-order valence-corrected chi connectivity index (χ2v) is 5.05. The monoisotopic (exact) mass is 299 g/mol. The molecule has 0 saturated heterocycles. The van der Waals surface area contributed by atoms with E-state index in [0.29, 0.717) is 17.9 Å². The van der Waals surface area contributed by atoms with Crippen molar-refractivity contribution in [1.29, 1.82) is 0 Å². The van der Waals surface area contributed by atoms with Gasteiger partial charge in [-0.2, -0.15) is 0 Å². The van der Waals surface area contributed by atoms with Crippen LogP contribution in [0.2, 0.25) is 0 Å². The Hall–Kier alpha value is -2.96. The molecular weight excluding hydrogens is 282 g/mol. The van der Waals surface area contributed by atoms with Crippen LogP contribution in [0.25, 0.3) is 5.52 Å². The molecule has 0 fully saturated rings. The first-order valence-electron chi connectivity index (χ1n) is 6.97. The van der Waals surface area contributed by atoms with Gasteiger partial charge in [-0.15, -0.1) is 5.10 Å². The lowest BCUT2D eigenvalue weighted by molar-refractivity contribution is -0.728. The van der Waals surface area contributed by atoms with Crippen molar-refractivity contribution in [1.82, 2.24) is 9.61 Å². The van der Waals surface area contributed by atoms with Crippen LogP contribution in [-0.4, -0.2) is 26.3 Å². The summed E-state index contributed by atoms with van der Waals surface area (Å²) in [5.41, 5.74) is 1.85. The van der Waals surface area contributed by atoms with Crippen LogP contribution in [0.15, 0.2) is 48.9 Å². The van der Waals surface area contributed by atoms with E-state index in [-0.39, 0.29) is 10.6 Å². The minimum atomic E-state index is -0.146. The molecule has 7 heteroatoms. The van der Waals surface area contributed by atoms with E-state index >= 15 is 0 Å². The van der Waals surface area contributed by atoms with Gasteiger partial charge >= 0.3 is 5.69 Å². The first kappa shape index (κ1) is 14.0. The largest absolute Gasteiger partial charge is 0.385 e. The maximum atomic E-state index is 11.4. The Bertz CT molecular complexity index is 810. The Morgan fingerprint density at radius 1 is 1.32 bits per heavy atom. The maximum Gasteiger partial charge on any atom is 0.385 e. The van der Waals surface area contributed by atoms with Gasteiger partial charge in [0.15, 0.2) is 17.9 Å². The van der Waals surface area contributed by atoms with Crippen LogP contribution >= 0.6 is 0 Å². The zero-order valence-corrected chi connectivity index (χ0v) is 12.2. The Morgan fingerprint density at radius 3 is 2.82 bits per heavy atom. The summed E-state index contributed by atoms with van der Waals surface area (Å²) in [6, 6.07) is 9.41. The first-order valence-corrected chi connectivity index (χ1v) is 6.97. The number of fused-ring (bicyclic) bond motifs is 1. The molecule has 3 heterocycles. The van der Waals surface area contributed by atoms with Crippen LogP contribution in [0.1, 0.15) is 5.56 Å². The molecule has 3 aromatic heterocycles. The zero-order valence-electron chi connectivity index (χ0n) is 12.2. The fourth-order valence-electron chi connectivity index (χ4n) is 2.32.